The van der Waals surface area contributed by atoms with Gasteiger partial charge in [0.25, 0.3) is 23.6 Å². The van der Waals surface area contributed by atoms with Crippen LogP contribution in [0, 0.1) is 0 Å². The fraction of sp³-hybridized carbons (Fsp3) is 0.217. The summed E-state index contributed by atoms with van der Waals surface area (Å²) in [4.78, 5) is 78.9. The standard InChI is InChI=1S/C46H42Cl4N8O6/c1-5-29-21-33(53-45(63)40(25(3)59)57-55-36-17-9-15-34(38(36)49)43(61)51-31-13-7-11-27(19-31)23-47)22-30(6-2)42(29)54-46(64)41(26(4)60)58-56-37-18-10-16-35(39(37)50)44(62)52-32-14-8-12-28(20-32)24-48/h7-22,40-41H,5-6,23-24H2,1-4H3,(H,51,61)(H,52,62)(H,53,63)(H,54,64). The number of anilines is 4. The van der Waals surface area contributed by atoms with E-state index in [-0.39, 0.29) is 44.3 Å². The number of nitrogens with one attached hydrogen (secondary N) is 4. The van der Waals surface area contributed by atoms with E-state index in [9.17, 15) is 28.8 Å². The van der Waals surface area contributed by atoms with Crippen LogP contribution in [0.3, 0.4) is 0 Å². The number of amides is 4. The Hall–Kier alpha value is -6.32. The number of azo groups is 2. The quantitative estimate of drug-likeness (QED) is 0.0382. The SMILES string of the molecule is CCc1cc(NC(=O)C(N=Nc2cccc(C(=O)Nc3cccc(CCl)c3)c2Cl)C(C)=O)cc(CC)c1NC(=O)C(N=Nc1cccc(C(=O)Nc2cccc(CCl)c2)c1Cl)C(C)=O. The molecule has 330 valence electrons. The molecule has 14 nitrogen and oxygen atoms in total. The van der Waals surface area contributed by atoms with E-state index in [1.54, 1.807) is 48.5 Å². The Labute approximate surface area is 389 Å². The lowest BCUT2D eigenvalue weighted by Crippen LogP contribution is -2.33. The second kappa shape index (κ2) is 22.9. The molecule has 5 rings (SSSR count). The van der Waals surface area contributed by atoms with Crippen LogP contribution in [-0.2, 0) is 43.8 Å². The largest absolute Gasteiger partial charge is 0.324 e. The molecule has 2 atom stereocenters. The van der Waals surface area contributed by atoms with Crippen molar-refractivity contribution in [3.05, 3.63) is 140 Å². The highest BCUT2D eigenvalue weighted by Gasteiger charge is 2.27. The molecule has 2 unspecified atom stereocenters. The van der Waals surface area contributed by atoms with Crippen LogP contribution in [0.1, 0.15) is 70.7 Å². The van der Waals surface area contributed by atoms with Crippen LogP contribution in [-0.4, -0.2) is 47.3 Å². The fourth-order valence-corrected chi connectivity index (χ4v) is 7.07. The third-order valence-electron chi connectivity index (χ3n) is 9.53. The van der Waals surface area contributed by atoms with E-state index in [1.165, 1.54) is 50.2 Å². The maximum absolute atomic E-state index is 13.7. The molecule has 0 spiro atoms. The minimum Gasteiger partial charge on any atom is -0.324 e. The van der Waals surface area contributed by atoms with Crippen molar-refractivity contribution in [2.75, 3.05) is 21.3 Å². The minimum atomic E-state index is -1.58. The van der Waals surface area contributed by atoms with Crippen molar-refractivity contribution < 1.29 is 28.8 Å². The smallest absolute Gasteiger partial charge is 0.258 e. The predicted octanol–water partition coefficient (Wildman–Crippen LogP) is 11.5. The van der Waals surface area contributed by atoms with Crippen molar-refractivity contribution in [2.45, 2.75) is 64.4 Å². The number of Topliss-reactive ketones (excluding diaryl/α,β-unsaturated/α-hetero) is 2. The first kappa shape index (κ1) is 48.7. The number of halogens is 4. The molecular formula is C46H42Cl4N8O6. The number of hydrogen-bond donors (Lipinski definition) is 4. The first-order valence-electron chi connectivity index (χ1n) is 19.8. The van der Waals surface area contributed by atoms with Gasteiger partial charge in [0.05, 0.1) is 21.2 Å². The molecule has 0 heterocycles. The number of carbonyl (C=O) groups excluding carboxylic acids is 6. The predicted molar refractivity (Wildman–Crippen MR) is 251 cm³/mol. The molecule has 0 radical (unpaired) electrons. The number of carbonyl (C=O) groups is 6. The van der Waals surface area contributed by atoms with Crippen molar-refractivity contribution in [2.24, 2.45) is 20.5 Å². The van der Waals surface area contributed by atoms with Gasteiger partial charge in [-0.1, -0.05) is 73.4 Å². The Kier molecular flexibility index (Phi) is 17.4. The molecular weight excluding hydrogens is 902 g/mol. The Balaban J connectivity index is 1.31. The van der Waals surface area contributed by atoms with Gasteiger partial charge in [0, 0.05) is 34.5 Å². The molecule has 0 aliphatic heterocycles. The molecule has 0 saturated carbocycles. The lowest BCUT2D eigenvalue weighted by molar-refractivity contribution is -0.127. The Morgan fingerprint density at radius 3 is 1.33 bits per heavy atom. The zero-order valence-electron chi connectivity index (χ0n) is 35.0. The van der Waals surface area contributed by atoms with E-state index in [1.807, 2.05) is 26.0 Å². The third-order valence-corrected chi connectivity index (χ3v) is 10.9. The summed E-state index contributed by atoms with van der Waals surface area (Å²) in [5.41, 5.74) is 4.81. The Morgan fingerprint density at radius 2 is 0.938 bits per heavy atom. The molecule has 64 heavy (non-hydrogen) atoms. The number of rotatable bonds is 18. The van der Waals surface area contributed by atoms with Gasteiger partial charge in [0.15, 0.2) is 11.6 Å². The van der Waals surface area contributed by atoms with Gasteiger partial charge in [-0.05, 0) is 110 Å². The Bertz CT molecular complexity index is 2650. The number of aryl methyl sites for hydroxylation is 2. The lowest BCUT2D eigenvalue weighted by atomic mass is 10.0. The summed E-state index contributed by atoms with van der Waals surface area (Å²) in [5, 5.41) is 27.2. The van der Waals surface area contributed by atoms with Gasteiger partial charge in [-0.3, -0.25) is 28.8 Å². The molecule has 5 aromatic rings. The fourth-order valence-electron chi connectivity index (χ4n) is 6.24. The van der Waals surface area contributed by atoms with E-state index >= 15 is 0 Å². The molecule has 4 amide bonds. The molecule has 5 aromatic carbocycles. The summed E-state index contributed by atoms with van der Waals surface area (Å²) in [5.74, 6) is -3.31. The van der Waals surface area contributed by atoms with Gasteiger partial charge in [-0.2, -0.15) is 20.5 Å². The number of alkyl halides is 2. The summed E-state index contributed by atoms with van der Waals surface area (Å²) in [6.07, 6.45) is 0.769. The van der Waals surface area contributed by atoms with Crippen molar-refractivity contribution in [3.63, 3.8) is 0 Å². The van der Waals surface area contributed by atoms with Crippen molar-refractivity contribution >= 4 is 116 Å². The number of nitrogens with zero attached hydrogens (tertiary/aromatic N) is 4. The van der Waals surface area contributed by atoms with E-state index < -0.39 is 47.3 Å². The summed E-state index contributed by atoms with van der Waals surface area (Å²) < 4.78 is 0. The summed E-state index contributed by atoms with van der Waals surface area (Å²) in [6.45, 7) is 6.04. The summed E-state index contributed by atoms with van der Waals surface area (Å²) >= 11 is 25.0. The molecule has 18 heteroatoms. The number of benzene rings is 5. The Morgan fingerprint density at radius 1 is 0.531 bits per heavy atom. The van der Waals surface area contributed by atoms with Crippen LogP contribution < -0.4 is 21.3 Å². The van der Waals surface area contributed by atoms with Crippen molar-refractivity contribution in [3.8, 4) is 0 Å². The first-order valence-corrected chi connectivity index (χ1v) is 21.6. The minimum absolute atomic E-state index is 0.0452. The van der Waals surface area contributed by atoms with Gasteiger partial charge < -0.3 is 21.3 Å². The maximum atomic E-state index is 13.7. The molecule has 4 N–H and O–H groups in total. The summed E-state index contributed by atoms with van der Waals surface area (Å²) in [7, 11) is 0. The number of hydrogen-bond acceptors (Lipinski definition) is 10. The van der Waals surface area contributed by atoms with Gasteiger partial charge in [0.1, 0.15) is 11.4 Å². The molecule has 0 saturated heterocycles. The van der Waals surface area contributed by atoms with Crippen LogP contribution in [0.4, 0.5) is 34.1 Å². The van der Waals surface area contributed by atoms with Crippen molar-refractivity contribution in [1.82, 2.24) is 0 Å². The van der Waals surface area contributed by atoms with Gasteiger partial charge >= 0.3 is 0 Å². The van der Waals surface area contributed by atoms with E-state index in [0.29, 0.717) is 46.7 Å². The molecule has 0 aliphatic rings. The zero-order valence-corrected chi connectivity index (χ0v) is 38.0. The molecule has 0 bridgehead atoms. The summed E-state index contributed by atoms with van der Waals surface area (Å²) in [6, 6.07) is 23.1. The average Bonchev–Trinajstić information content (AvgIpc) is 3.27. The zero-order chi connectivity index (χ0) is 46.5. The topological polar surface area (TPSA) is 200 Å². The van der Waals surface area contributed by atoms with Crippen molar-refractivity contribution in [1.29, 1.82) is 0 Å². The van der Waals surface area contributed by atoms with Crippen LogP contribution in [0.15, 0.2) is 118 Å². The van der Waals surface area contributed by atoms with Crippen LogP contribution in [0.25, 0.3) is 0 Å². The average molecular weight is 945 g/mol. The highest BCUT2D eigenvalue weighted by Crippen LogP contribution is 2.33. The maximum Gasteiger partial charge on any atom is 0.258 e. The highest BCUT2D eigenvalue weighted by atomic mass is 35.5. The van der Waals surface area contributed by atoms with E-state index in [0.717, 1.165) is 11.1 Å². The van der Waals surface area contributed by atoms with Gasteiger partial charge in [0.2, 0.25) is 12.1 Å². The lowest BCUT2D eigenvalue weighted by Gasteiger charge is -2.19. The van der Waals surface area contributed by atoms with Crippen LogP contribution in [0.5, 0.6) is 0 Å². The first-order chi connectivity index (χ1) is 30.7. The van der Waals surface area contributed by atoms with E-state index in [4.69, 9.17) is 46.4 Å². The van der Waals surface area contributed by atoms with Gasteiger partial charge in [-0.15, -0.1) is 23.2 Å². The van der Waals surface area contributed by atoms with Crippen LogP contribution >= 0.6 is 46.4 Å². The normalized spacial score (nSPS) is 12.1. The monoisotopic (exact) mass is 942 g/mol. The van der Waals surface area contributed by atoms with Gasteiger partial charge in [-0.25, -0.2) is 0 Å². The third kappa shape index (κ3) is 12.4. The second-order valence-corrected chi connectivity index (χ2v) is 15.5. The molecule has 0 aromatic heterocycles. The molecule has 0 aliphatic carbocycles. The number of ketones is 2. The highest BCUT2D eigenvalue weighted by molar-refractivity contribution is 6.37. The second-order valence-electron chi connectivity index (χ2n) is 14.2. The molecule has 0 fully saturated rings. The van der Waals surface area contributed by atoms with Crippen LogP contribution in [0.2, 0.25) is 10.0 Å². The van der Waals surface area contributed by atoms with E-state index in [2.05, 4.69) is 41.7 Å².